The average Bonchev–Trinajstić information content (AvgIpc) is 3.05. The van der Waals surface area contributed by atoms with Crippen LogP contribution in [-0.4, -0.2) is 36.0 Å². The van der Waals surface area contributed by atoms with E-state index in [4.69, 9.17) is 5.73 Å². The smallest absolute Gasteiger partial charge is 0.251 e. The average molecular weight is 319 g/mol. The molecule has 0 aliphatic heterocycles. The van der Waals surface area contributed by atoms with Crippen LogP contribution in [-0.2, 0) is 13.0 Å². The van der Waals surface area contributed by atoms with Gasteiger partial charge in [0.15, 0.2) is 0 Å². The molecule has 2 aromatic rings. The SMILES string of the molecule is CCc1c(-c2ccsc2)c(C(N)=O)c(C)n1CCCN(C)C. The van der Waals surface area contributed by atoms with Crippen molar-refractivity contribution in [1.82, 2.24) is 9.47 Å². The maximum Gasteiger partial charge on any atom is 0.251 e. The van der Waals surface area contributed by atoms with Crippen LogP contribution < -0.4 is 5.73 Å². The maximum absolute atomic E-state index is 12.0. The van der Waals surface area contributed by atoms with Crippen LogP contribution >= 0.6 is 11.3 Å². The second kappa shape index (κ2) is 7.11. The normalized spacial score (nSPS) is 11.3. The quantitative estimate of drug-likeness (QED) is 0.852. The Kier molecular flexibility index (Phi) is 5.42. The monoisotopic (exact) mass is 319 g/mol. The van der Waals surface area contributed by atoms with E-state index in [0.29, 0.717) is 5.56 Å². The van der Waals surface area contributed by atoms with Gasteiger partial charge < -0.3 is 15.2 Å². The number of hydrogen-bond acceptors (Lipinski definition) is 3. The fourth-order valence-corrected chi connectivity index (χ4v) is 3.68. The van der Waals surface area contributed by atoms with Crippen LogP contribution in [0.1, 0.15) is 35.1 Å². The molecule has 0 radical (unpaired) electrons. The number of carbonyl (C=O) groups is 1. The molecule has 22 heavy (non-hydrogen) atoms. The van der Waals surface area contributed by atoms with E-state index in [1.165, 1.54) is 5.69 Å². The number of hydrogen-bond donors (Lipinski definition) is 1. The van der Waals surface area contributed by atoms with E-state index in [9.17, 15) is 4.79 Å². The number of nitrogens with two attached hydrogens (primary N) is 1. The van der Waals surface area contributed by atoms with Gasteiger partial charge in [-0.25, -0.2) is 0 Å². The van der Waals surface area contributed by atoms with Crippen LogP contribution in [0.5, 0.6) is 0 Å². The van der Waals surface area contributed by atoms with Gasteiger partial charge in [0.2, 0.25) is 0 Å². The molecule has 0 saturated carbocycles. The van der Waals surface area contributed by atoms with E-state index in [-0.39, 0.29) is 5.91 Å². The molecule has 0 aliphatic carbocycles. The second-order valence-corrected chi connectivity index (χ2v) is 6.60. The van der Waals surface area contributed by atoms with E-state index < -0.39 is 0 Å². The summed E-state index contributed by atoms with van der Waals surface area (Å²) in [5.74, 6) is -0.334. The highest BCUT2D eigenvalue weighted by molar-refractivity contribution is 7.08. The lowest BCUT2D eigenvalue weighted by Gasteiger charge is -2.14. The summed E-state index contributed by atoms with van der Waals surface area (Å²) in [4.78, 5) is 14.2. The molecule has 0 atom stereocenters. The van der Waals surface area contributed by atoms with Crippen LogP contribution in [0.4, 0.5) is 0 Å². The van der Waals surface area contributed by atoms with E-state index in [1.807, 2.05) is 12.3 Å². The zero-order chi connectivity index (χ0) is 16.3. The van der Waals surface area contributed by atoms with Crippen LogP contribution in [0.3, 0.4) is 0 Å². The van der Waals surface area contributed by atoms with Crippen molar-refractivity contribution in [2.75, 3.05) is 20.6 Å². The number of carbonyl (C=O) groups excluding carboxylic acids is 1. The summed E-state index contributed by atoms with van der Waals surface area (Å²) in [6.07, 6.45) is 1.94. The number of nitrogens with zero attached hydrogens (tertiary/aromatic N) is 2. The van der Waals surface area contributed by atoms with Gasteiger partial charge >= 0.3 is 0 Å². The Morgan fingerprint density at radius 2 is 2.14 bits per heavy atom. The molecule has 0 aliphatic rings. The summed E-state index contributed by atoms with van der Waals surface area (Å²) >= 11 is 1.64. The molecule has 4 nitrogen and oxygen atoms in total. The van der Waals surface area contributed by atoms with Crippen molar-refractivity contribution in [3.05, 3.63) is 33.8 Å². The molecule has 2 N–H and O–H groups in total. The predicted molar refractivity (Wildman–Crippen MR) is 93.5 cm³/mol. The zero-order valence-electron chi connectivity index (χ0n) is 13.8. The van der Waals surface area contributed by atoms with Crippen molar-refractivity contribution < 1.29 is 4.79 Å². The lowest BCUT2D eigenvalue weighted by atomic mass is 10.0. The molecular formula is C17H25N3OS. The van der Waals surface area contributed by atoms with E-state index in [1.54, 1.807) is 11.3 Å². The first-order chi connectivity index (χ1) is 10.5. The molecule has 5 heteroatoms. The van der Waals surface area contributed by atoms with Crippen LogP contribution in [0.15, 0.2) is 16.8 Å². The minimum atomic E-state index is -0.334. The van der Waals surface area contributed by atoms with Crippen LogP contribution in [0.2, 0.25) is 0 Å². The van der Waals surface area contributed by atoms with Gasteiger partial charge in [0.25, 0.3) is 5.91 Å². The highest BCUT2D eigenvalue weighted by atomic mass is 32.1. The van der Waals surface area contributed by atoms with E-state index >= 15 is 0 Å². The Labute approximate surface area is 136 Å². The van der Waals surface area contributed by atoms with Crippen LogP contribution in [0, 0.1) is 6.92 Å². The summed E-state index contributed by atoms with van der Waals surface area (Å²) in [6, 6.07) is 2.06. The molecular weight excluding hydrogens is 294 g/mol. The van der Waals surface area contributed by atoms with Crippen LogP contribution in [0.25, 0.3) is 11.1 Å². The largest absolute Gasteiger partial charge is 0.366 e. The third-order valence-electron chi connectivity index (χ3n) is 4.01. The molecule has 1 amide bonds. The minimum Gasteiger partial charge on any atom is -0.366 e. The molecule has 2 rings (SSSR count). The molecule has 0 unspecified atom stereocenters. The highest BCUT2D eigenvalue weighted by Gasteiger charge is 2.23. The predicted octanol–water partition coefficient (Wildman–Crippen LogP) is 3.14. The maximum atomic E-state index is 12.0. The fraction of sp³-hybridized carbons (Fsp3) is 0.471. The van der Waals surface area contributed by atoms with Gasteiger partial charge in [-0.3, -0.25) is 4.79 Å². The van der Waals surface area contributed by atoms with Crippen molar-refractivity contribution in [3.63, 3.8) is 0 Å². The summed E-state index contributed by atoms with van der Waals surface area (Å²) in [5.41, 5.74) is 10.7. The number of amides is 1. The lowest BCUT2D eigenvalue weighted by Crippen LogP contribution is -2.17. The lowest BCUT2D eigenvalue weighted by molar-refractivity contribution is 0.1000. The Morgan fingerprint density at radius 1 is 1.41 bits per heavy atom. The summed E-state index contributed by atoms with van der Waals surface area (Å²) in [5, 5.41) is 4.13. The molecule has 2 heterocycles. The zero-order valence-corrected chi connectivity index (χ0v) is 14.7. The molecule has 0 aromatic carbocycles. The standard InChI is InChI=1S/C17H25N3OS/c1-5-14-16(13-7-10-22-11-13)15(17(18)21)12(2)20(14)9-6-8-19(3)4/h7,10-11H,5-6,8-9H2,1-4H3,(H2,18,21). The third-order valence-corrected chi connectivity index (χ3v) is 4.69. The van der Waals surface area contributed by atoms with Gasteiger partial charge in [0.1, 0.15) is 0 Å². The van der Waals surface area contributed by atoms with Crippen molar-refractivity contribution in [1.29, 1.82) is 0 Å². The Balaban J connectivity index is 2.50. The molecule has 0 bridgehead atoms. The van der Waals surface area contributed by atoms with Gasteiger partial charge in [-0.05, 0) is 62.8 Å². The highest BCUT2D eigenvalue weighted by Crippen LogP contribution is 2.34. The Bertz CT molecular complexity index is 641. The summed E-state index contributed by atoms with van der Waals surface area (Å²) < 4.78 is 2.27. The van der Waals surface area contributed by atoms with Gasteiger partial charge in [0, 0.05) is 23.5 Å². The first kappa shape index (κ1) is 16.8. The van der Waals surface area contributed by atoms with Gasteiger partial charge in [-0.15, -0.1) is 0 Å². The second-order valence-electron chi connectivity index (χ2n) is 5.82. The van der Waals surface area contributed by atoms with Crippen molar-refractivity contribution in [2.45, 2.75) is 33.2 Å². The van der Waals surface area contributed by atoms with Crippen molar-refractivity contribution in [2.24, 2.45) is 5.73 Å². The minimum absolute atomic E-state index is 0.334. The molecule has 0 saturated heterocycles. The number of aromatic nitrogens is 1. The van der Waals surface area contributed by atoms with E-state index in [0.717, 1.165) is 42.8 Å². The molecule has 120 valence electrons. The Hall–Kier alpha value is -1.59. The molecule has 2 aromatic heterocycles. The van der Waals surface area contributed by atoms with Gasteiger partial charge in [-0.1, -0.05) is 6.92 Å². The van der Waals surface area contributed by atoms with E-state index in [2.05, 4.69) is 41.9 Å². The van der Waals surface area contributed by atoms with Crippen molar-refractivity contribution in [3.8, 4) is 11.1 Å². The van der Waals surface area contributed by atoms with Crippen molar-refractivity contribution >= 4 is 17.2 Å². The number of thiophene rings is 1. The topological polar surface area (TPSA) is 51.3 Å². The first-order valence-corrected chi connectivity index (χ1v) is 8.60. The summed E-state index contributed by atoms with van der Waals surface area (Å²) in [6.45, 7) is 6.08. The first-order valence-electron chi connectivity index (χ1n) is 7.66. The molecule has 0 spiro atoms. The van der Waals surface area contributed by atoms with Gasteiger partial charge in [-0.2, -0.15) is 11.3 Å². The Morgan fingerprint density at radius 3 is 2.64 bits per heavy atom. The third kappa shape index (κ3) is 3.25. The summed E-state index contributed by atoms with van der Waals surface area (Å²) in [7, 11) is 4.16. The molecule has 0 fully saturated rings. The number of rotatable bonds is 7. The number of primary amides is 1. The fourth-order valence-electron chi connectivity index (χ4n) is 3.03. The van der Waals surface area contributed by atoms with Gasteiger partial charge in [0.05, 0.1) is 5.56 Å².